The number of carbonyl (C=O) groups is 3. The molecule has 0 unspecified atom stereocenters. The van der Waals surface area contributed by atoms with Gasteiger partial charge in [-0.15, -0.1) is 0 Å². The van der Waals surface area contributed by atoms with E-state index in [2.05, 4.69) is 5.32 Å². The molecule has 1 heterocycles. The van der Waals surface area contributed by atoms with Crippen LogP contribution < -0.4 is 5.32 Å². The minimum atomic E-state index is -0.466. The summed E-state index contributed by atoms with van der Waals surface area (Å²) in [7, 11) is 3.47. The Labute approximate surface area is 160 Å². The molecule has 1 fully saturated rings. The lowest BCUT2D eigenvalue weighted by Crippen LogP contribution is -2.51. The quantitative estimate of drug-likeness (QED) is 0.729. The van der Waals surface area contributed by atoms with Crippen molar-refractivity contribution in [2.45, 2.75) is 38.8 Å². The second-order valence-electron chi connectivity index (χ2n) is 6.80. The number of piperidine rings is 1. The maximum atomic E-state index is 12.7. The summed E-state index contributed by atoms with van der Waals surface area (Å²) in [6.07, 6.45) is 2.50. The largest absolute Gasteiger partial charge is 0.464 e. The van der Waals surface area contributed by atoms with Crippen LogP contribution in [-0.4, -0.2) is 67.4 Å². The number of amides is 2. The molecule has 0 aromatic heterocycles. The molecule has 1 aliphatic heterocycles. The summed E-state index contributed by atoms with van der Waals surface area (Å²) in [5.74, 6) is -0.490. The molecule has 1 aromatic rings. The van der Waals surface area contributed by atoms with Crippen LogP contribution in [0.1, 0.15) is 42.1 Å². The first-order valence-electron chi connectivity index (χ1n) is 9.42. The van der Waals surface area contributed by atoms with Gasteiger partial charge in [0.15, 0.2) is 0 Å². The van der Waals surface area contributed by atoms with Crippen molar-refractivity contribution in [2.24, 2.45) is 0 Å². The molecule has 1 saturated heterocycles. The first-order chi connectivity index (χ1) is 13.0. The fourth-order valence-corrected chi connectivity index (χ4v) is 3.31. The molecular weight excluding hydrogens is 346 g/mol. The lowest BCUT2D eigenvalue weighted by atomic mass is 10.0. The first kappa shape index (κ1) is 20.9. The van der Waals surface area contributed by atoms with Crippen molar-refractivity contribution >= 4 is 17.8 Å². The molecule has 1 N–H and O–H groups in total. The van der Waals surface area contributed by atoms with E-state index in [1.165, 1.54) is 0 Å². The number of hydrogen-bond donors (Lipinski definition) is 1. The molecule has 2 rings (SSSR count). The Morgan fingerprint density at radius 2 is 1.93 bits per heavy atom. The Kier molecular flexibility index (Phi) is 7.79. The van der Waals surface area contributed by atoms with E-state index >= 15 is 0 Å². The van der Waals surface area contributed by atoms with Gasteiger partial charge in [-0.1, -0.05) is 12.1 Å². The van der Waals surface area contributed by atoms with Gasteiger partial charge in [-0.2, -0.15) is 0 Å². The van der Waals surface area contributed by atoms with Crippen LogP contribution in [0.5, 0.6) is 0 Å². The molecule has 27 heavy (non-hydrogen) atoms. The monoisotopic (exact) mass is 375 g/mol. The third-order valence-electron chi connectivity index (χ3n) is 4.68. The lowest BCUT2D eigenvalue weighted by molar-refractivity contribution is -0.157. The predicted molar refractivity (Wildman–Crippen MR) is 102 cm³/mol. The van der Waals surface area contributed by atoms with Crippen LogP contribution in [0, 0.1) is 0 Å². The zero-order valence-electron chi connectivity index (χ0n) is 16.4. The standard InChI is InChI=1S/C20H29N3O4/c1-4-27-20(26)17-7-5-6-12-23(17)18(24)14-22(3)13-15-8-10-16(11-9-15)19(25)21-2/h8-11,17H,4-7,12-14H2,1-3H3,(H,21,25)/t17-/m0/s1. The topological polar surface area (TPSA) is 79.0 Å². The summed E-state index contributed by atoms with van der Waals surface area (Å²) in [5.41, 5.74) is 1.61. The molecule has 7 heteroatoms. The fraction of sp³-hybridized carbons (Fsp3) is 0.550. The molecule has 0 radical (unpaired) electrons. The van der Waals surface area contributed by atoms with E-state index in [1.807, 2.05) is 24.1 Å². The normalized spacial score (nSPS) is 16.9. The molecule has 0 spiro atoms. The third kappa shape index (κ3) is 5.79. The molecule has 2 amide bonds. The Hall–Kier alpha value is -2.41. The Morgan fingerprint density at radius 3 is 2.56 bits per heavy atom. The fourth-order valence-electron chi connectivity index (χ4n) is 3.31. The minimum absolute atomic E-state index is 0.0581. The van der Waals surface area contributed by atoms with E-state index in [0.717, 1.165) is 18.4 Å². The van der Waals surface area contributed by atoms with Gasteiger partial charge in [-0.05, 0) is 50.9 Å². The van der Waals surface area contributed by atoms with Gasteiger partial charge in [0, 0.05) is 25.7 Å². The third-order valence-corrected chi connectivity index (χ3v) is 4.68. The van der Waals surface area contributed by atoms with Crippen LogP contribution in [0.2, 0.25) is 0 Å². The van der Waals surface area contributed by atoms with Crippen LogP contribution in [0.25, 0.3) is 0 Å². The Bertz CT molecular complexity index is 660. The van der Waals surface area contributed by atoms with Gasteiger partial charge in [0.25, 0.3) is 5.91 Å². The van der Waals surface area contributed by atoms with Gasteiger partial charge in [0.1, 0.15) is 6.04 Å². The van der Waals surface area contributed by atoms with E-state index in [-0.39, 0.29) is 24.3 Å². The van der Waals surface area contributed by atoms with Gasteiger partial charge < -0.3 is 15.0 Å². The van der Waals surface area contributed by atoms with E-state index in [0.29, 0.717) is 31.7 Å². The van der Waals surface area contributed by atoms with Crippen LogP contribution >= 0.6 is 0 Å². The van der Waals surface area contributed by atoms with E-state index in [4.69, 9.17) is 4.74 Å². The molecule has 1 atom stereocenters. The molecule has 7 nitrogen and oxygen atoms in total. The van der Waals surface area contributed by atoms with Gasteiger partial charge in [0.05, 0.1) is 13.2 Å². The van der Waals surface area contributed by atoms with Crippen molar-refractivity contribution in [3.63, 3.8) is 0 Å². The van der Waals surface area contributed by atoms with E-state index in [9.17, 15) is 14.4 Å². The minimum Gasteiger partial charge on any atom is -0.464 e. The van der Waals surface area contributed by atoms with Crippen molar-refractivity contribution < 1.29 is 19.1 Å². The van der Waals surface area contributed by atoms with Crippen molar-refractivity contribution in [2.75, 3.05) is 33.8 Å². The van der Waals surface area contributed by atoms with Crippen molar-refractivity contribution in [3.8, 4) is 0 Å². The second-order valence-corrected chi connectivity index (χ2v) is 6.80. The Morgan fingerprint density at radius 1 is 1.22 bits per heavy atom. The maximum Gasteiger partial charge on any atom is 0.328 e. The highest BCUT2D eigenvalue weighted by molar-refractivity contribution is 5.93. The molecule has 1 aliphatic rings. The Balaban J connectivity index is 1.93. The zero-order chi connectivity index (χ0) is 19.8. The predicted octanol–water partition coefficient (Wildman–Crippen LogP) is 1.42. The highest BCUT2D eigenvalue weighted by Crippen LogP contribution is 2.19. The second kappa shape index (κ2) is 10.1. The summed E-state index contributed by atoms with van der Waals surface area (Å²) >= 11 is 0. The molecular formula is C20H29N3O4. The van der Waals surface area contributed by atoms with Crippen LogP contribution in [0.3, 0.4) is 0 Å². The zero-order valence-corrected chi connectivity index (χ0v) is 16.4. The van der Waals surface area contributed by atoms with Crippen LogP contribution in [0.15, 0.2) is 24.3 Å². The summed E-state index contributed by atoms with van der Waals surface area (Å²) in [5, 5.41) is 2.59. The first-order valence-corrected chi connectivity index (χ1v) is 9.42. The van der Waals surface area contributed by atoms with Crippen molar-refractivity contribution in [3.05, 3.63) is 35.4 Å². The maximum absolute atomic E-state index is 12.7. The van der Waals surface area contributed by atoms with Crippen molar-refractivity contribution in [1.29, 1.82) is 0 Å². The number of nitrogens with zero attached hydrogens (tertiary/aromatic N) is 2. The summed E-state index contributed by atoms with van der Waals surface area (Å²) in [6.45, 7) is 3.50. The number of benzene rings is 1. The SMILES string of the molecule is CCOC(=O)[C@@H]1CCCCN1C(=O)CN(C)Cc1ccc(C(=O)NC)cc1. The van der Waals surface area contributed by atoms with Gasteiger partial charge >= 0.3 is 5.97 Å². The lowest BCUT2D eigenvalue weighted by Gasteiger charge is -2.35. The summed E-state index contributed by atoms with van der Waals surface area (Å²) < 4.78 is 5.12. The van der Waals surface area contributed by atoms with Crippen LogP contribution in [0.4, 0.5) is 0 Å². The van der Waals surface area contributed by atoms with Gasteiger partial charge in [0.2, 0.25) is 5.91 Å². The highest BCUT2D eigenvalue weighted by Gasteiger charge is 2.33. The smallest absolute Gasteiger partial charge is 0.328 e. The molecule has 148 valence electrons. The number of carbonyl (C=O) groups excluding carboxylic acids is 3. The number of hydrogen-bond acceptors (Lipinski definition) is 5. The van der Waals surface area contributed by atoms with Crippen LogP contribution in [-0.2, 0) is 20.9 Å². The number of likely N-dealkylation sites (tertiary alicyclic amines) is 1. The van der Waals surface area contributed by atoms with Gasteiger partial charge in [-0.3, -0.25) is 14.5 Å². The molecule has 0 saturated carbocycles. The molecule has 1 aromatic carbocycles. The number of nitrogens with one attached hydrogen (secondary N) is 1. The molecule has 0 bridgehead atoms. The van der Waals surface area contributed by atoms with E-state index in [1.54, 1.807) is 31.0 Å². The average Bonchev–Trinajstić information content (AvgIpc) is 2.68. The molecule has 0 aliphatic carbocycles. The number of likely N-dealkylation sites (N-methyl/N-ethyl adjacent to an activating group) is 1. The highest BCUT2D eigenvalue weighted by atomic mass is 16.5. The van der Waals surface area contributed by atoms with Gasteiger partial charge in [-0.25, -0.2) is 4.79 Å². The number of esters is 1. The number of rotatable bonds is 7. The number of ether oxygens (including phenoxy) is 1. The summed E-state index contributed by atoms with van der Waals surface area (Å²) in [4.78, 5) is 40.0. The van der Waals surface area contributed by atoms with Crippen molar-refractivity contribution in [1.82, 2.24) is 15.1 Å². The van der Waals surface area contributed by atoms with E-state index < -0.39 is 6.04 Å². The average molecular weight is 375 g/mol. The summed E-state index contributed by atoms with van der Waals surface area (Å²) in [6, 6.07) is 6.84.